The van der Waals surface area contributed by atoms with Gasteiger partial charge in [0.25, 0.3) is 0 Å². The molecule has 2 atom stereocenters. The molecule has 0 amide bonds. The zero-order valence-electron chi connectivity index (χ0n) is 8.04. The molecule has 0 heterocycles. The SMILES string of the molecule is CC(C#N)S(=O)(=O)N[C@@H](CCO)C(=O)O. The number of aliphatic hydroxyl groups excluding tert-OH is 1. The number of hydrogen-bond donors (Lipinski definition) is 3. The third-order valence-corrected chi connectivity index (χ3v) is 3.32. The minimum Gasteiger partial charge on any atom is -0.480 e. The first kappa shape index (κ1) is 13.8. The summed E-state index contributed by atoms with van der Waals surface area (Å²) in [6.45, 7) is 0.681. The van der Waals surface area contributed by atoms with Crippen LogP contribution in [0.5, 0.6) is 0 Å². The molecule has 0 aliphatic rings. The van der Waals surface area contributed by atoms with Gasteiger partial charge in [0.2, 0.25) is 10.0 Å². The molecule has 0 aromatic carbocycles. The molecule has 8 heteroatoms. The van der Waals surface area contributed by atoms with Crippen LogP contribution in [0.4, 0.5) is 0 Å². The highest BCUT2D eigenvalue weighted by atomic mass is 32.2. The number of nitrogens with one attached hydrogen (secondary N) is 1. The summed E-state index contributed by atoms with van der Waals surface area (Å²) in [6, 6.07) is 0.0790. The standard InChI is InChI=1S/C7H12N2O5S/c1-5(4-8)15(13,14)9-6(2-3-10)7(11)12/h5-6,9-10H,2-3H2,1H3,(H,11,12)/t5?,6-/m0/s1. The summed E-state index contributed by atoms with van der Waals surface area (Å²) >= 11 is 0. The van der Waals surface area contributed by atoms with Crippen molar-refractivity contribution in [2.75, 3.05) is 6.61 Å². The number of hydrogen-bond acceptors (Lipinski definition) is 5. The summed E-state index contributed by atoms with van der Waals surface area (Å²) in [4.78, 5) is 10.6. The molecular formula is C7H12N2O5S. The van der Waals surface area contributed by atoms with Gasteiger partial charge in [0.05, 0.1) is 6.07 Å². The average Bonchev–Trinajstić information content (AvgIpc) is 2.15. The first-order chi connectivity index (χ1) is 6.85. The van der Waals surface area contributed by atoms with Crippen LogP contribution in [-0.4, -0.2) is 42.5 Å². The van der Waals surface area contributed by atoms with Gasteiger partial charge in [-0.25, -0.2) is 8.42 Å². The third kappa shape index (κ3) is 4.24. The molecule has 15 heavy (non-hydrogen) atoms. The minimum atomic E-state index is -3.98. The fraction of sp³-hybridized carbons (Fsp3) is 0.714. The van der Waals surface area contributed by atoms with Crippen LogP contribution in [0.3, 0.4) is 0 Å². The fourth-order valence-corrected chi connectivity index (χ4v) is 1.69. The maximum atomic E-state index is 11.3. The molecule has 0 spiro atoms. The normalized spacial score (nSPS) is 15.3. The second kappa shape index (κ2) is 5.65. The first-order valence-electron chi connectivity index (χ1n) is 4.09. The van der Waals surface area contributed by atoms with Crippen molar-refractivity contribution in [2.24, 2.45) is 0 Å². The Morgan fingerprint density at radius 2 is 2.13 bits per heavy atom. The number of aliphatic carboxylic acids is 1. The molecule has 0 fully saturated rings. The van der Waals surface area contributed by atoms with E-state index in [2.05, 4.69) is 0 Å². The molecule has 0 saturated heterocycles. The van der Waals surface area contributed by atoms with Crippen LogP contribution < -0.4 is 4.72 Å². The van der Waals surface area contributed by atoms with Gasteiger partial charge in [0.1, 0.15) is 6.04 Å². The van der Waals surface area contributed by atoms with E-state index in [1.165, 1.54) is 6.07 Å². The molecular weight excluding hydrogens is 224 g/mol. The Hall–Kier alpha value is -1.17. The Balaban J connectivity index is 4.69. The molecule has 0 aromatic rings. The molecule has 0 aliphatic carbocycles. The highest BCUT2D eigenvalue weighted by Crippen LogP contribution is 2.01. The topological polar surface area (TPSA) is 127 Å². The minimum absolute atomic E-state index is 0.243. The van der Waals surface area contributed by atoms with Gasteiger partial charge in [0.15, 0.2) is 5.25 Å². The Labute approximate surface area is 87.4 Å². The van der Waals surface area contributed by atoms with Crippen molar-refractivity contribution < 1.29 is 23.4 Å². The van der Waals surface area contributed by atoms with Gasteiger partial charge in [-0.15, -0.1) is 0 Å². The van der Waals surface area contributed by atoms with Gasteiger partial charge >= 0.3 is 5.97 Å². The summed E-state index contributed by atoms with van der Waals surface area (Å²) in [5, 5.41) is 24.2. The van der Waals surface area contributed by atoms with Gasteiger partial charge in [-0.1, -0.05) is 0 Å². The van der Waals surface area contributed by atoms with Crippen molar-refractivity contribution in [1.29, 1.82) is 5.26 Å². The van der Waals surface area contributed by atoms with Crippen LogP contribution in [0.1, 0.15) is 13.3 Å². The van der Waals surface area contributed by atoms with E-state index in [4.69, 9.17) is 15.5 Å². The summed E-state index contributed by atoms with van der Waals surface area (Å²) in [5.74, 6) is -1.39. The summed E-state index contributed by atoms with van der Waals surface area (Å²) < 4.78 is 24.4. The average molecular weight is 236 g/mol. The molecule has 0 aliphatic heterocycles. The zero-order chi connectivity index (χ0) is 12.1. The maximum Gasteiger partial charge on any atom is 0.321 e. The lowest BCUT2D eigenvalue weighted by atomic mass is 10.2. The lowest BCUT2D eigenvalue weighted by Gasteiger charge is -2.14. The van der Waals surface area contributed by atoms with Crippen molar-refractivity contribution >= 4 is 16.0 Å². The monoisotopic (exact) mass is 236 g/mol. The van der Waals surface area contributed by atoms with Crippen molar-refractivity contribution in [2.45, 2.75) is 24.6 Å². The van der Waals surface area contributed by atoms with Gasteiger partial charge in [-0.3, -0.25) is 4.79 Å². The number of rotatable bonds is 6. The van der Waals surface area contributed by atoms with Crippen molar-refractivity contribution in [3.05, 3.63) is 0 Å². The molecule has 0 bridgehead atoms. The number of carboxylic acids is 1. The number of nitriles is 1. The quantitative estimate of drug-likeness (QED) is 0.523. The number of carbonyl (C=O) groups is 1. The van der Waals surface area contributed by atoms with E-state index in [0.717, 1.165) is 6.92 Å². The van der Waals surface area contributed by atoms with Crippen molar-refractivity contribution in [3.8, 4) is 6.07 Å². The lowest BCUT2D eigenvalue weighted by molar-refractivity contribution is -0.139. The Kier molecular flexibility index (Phi) is 5.21. The number of carboxylic acid groups (broad SMARTS) is 1. The van der Waals surface area contributed by atoms with Gasteiger partial charge in [-0.2, -0.15) is 9.98 Å². The second-order valence-electron chi connectivity index (χ2n) is 2.84. The predicted octanol–water partition coefficient (Wildman–Crippen LogP) is -1.35. The molecule has 86 valence electrons. The van der Waals surface area contributed by atoms with Crippen LogP contribution in [0, 0.1) is 11.3 Å². The van der Waals surface area contributed by atoms with Crippen molar-refractivity contribution in [3.63, 3.8) is 0 Å². The van der Waals surface area contributed by atoms with E-state index in [9.17, 15) is 13.2 Å². The van der Waals surface area contributed by atoms with E-state index >= 15 is 0 Å². The van der Waals surface area contributed by atoms with Crippen LogP contribution in [0.2, 0.25) is 0 Å². The molecule has 0 aromatic heterocycles. The van der Waals surface area contributed by atoms with Crippen LogP contribution >= 0.6 is 0 Å². The number of nitrogens with zero attached hydrogens (tertiary/aromatic N) is 1. The summed E-state index contributed by atoms with van der Waals surface area (Å²) in [7, 11) is -3.98. The van der Waals surface area contributed by atoms with E-state index < -0.39 is 33.9 Å². The molecule has 0 radical (unpaired) electrons. The highest BCUT2D eigenvalue weighted by molar-refractivity contribution is 7.90. The second-order valence-corrected chi connectivity index (χ2v) is 4.87. The molecule has 3 N–H and O–H groups in total. The molecule has 0 saturated carbocycles. The van der Waals surface area contributed by atoms with Gasteiger partial charge < -0.3 is 10.2 Å². The van der Waals surface area contributed by atoms with Crippen LogP contribution in [-0.2, 0) is 14.8 Å². The molecule has 7 nitrogen and oxygen atoms in total. The van der Waals surface area contributed by atoms with E-state index in [1.54, 1.807) is 0 Å². The number of sulfonamides is 1. The summed E-state index contributed by atoms with van der Waals surface area (Å²) in [6.07, 6.45) is -0.243. The van der Waals surface area contributed by atoms with Gasteiger partial charge in [-0.05, 0) is 13.3 Å². The van der Waals surface area contributed by atoms with Crippen LogP contribution in [0.25, 0.3) is 0 Å². The molecule has 0 rings (SSSR count). The van der Waals surface area contributed by atoms with Crippen LogP contribution in [0.15, 0.2) is 0 Å². The Morgan fingerprint density at radius 3 is 2.47 bits per heavy atom. The largest absolute Gasteiger partial charge is 0.480 e. The maximum absolute atomic E-state index is 11.3. The first-order valence-corrected chi connectivity index (χ1v) is 5.64. The fourth-order valence-electron chi connectivity index (χ4n) is 0.732. The highest BCUT2D eigenvalue weighted by Gasteiger charge is 2.27. The zero-order valence-corrected chi connectivity index (χ0v) is 8.86. The number of aliphatic hydroxyl groups is 1. The lowest BCUT2D eigenvalue weighted by Crippen LogP contribution is -2.44. The van der Waals surface area contributed by atoms with E-state index in [1.807, 2.05) is 4.72 Å². The predicted molar refractivity (Wildman–Crippen MR) is 50.3 cm³/mol. The molecule has 1 unspecified atom stereocenters. The van der Waals surface area contributed by atoms with Gasteiger partial charge in [0, 0.05) is 6.61 Å². The third-order valence-electron chi connectivity index (χ3n) is 1.67. The Morgan fingerprint density at radius 1 is 1.60 bits per heavy atom. The smallest absolute Gasteiger partial charge is 0.321 e. The van der Waals surface area contributed by atoms with Crippen molar-refractivity contribution in [1.82, 2.24) is 4.72 Å². The van der Waals surface area contributed by atoms with E-state index in [-0.39, 0.29) is 6.42 Å². The van der Waals surface area contributed by atoms with E-state index in [0.29, 0.717) is 0 Å². The summed E-state index contributed by atoms with van der Waals surface area (Å²) in [5.41, 5.74) is 0. The Bertz CT molecular complexity index is 358.